The van der Waals surface area contributed by atoms with E-state index in [9.17, 15) is 9.59 Å². The van der Waals surface area contributed by atoms with E-state index in [2.05, 4.69) is 5.32 Å². The van der Waals surface area contributed by atoms with Gasteiger partial charge < -0.3 is 14.6 Å². The molecule has 0 spiro atoms. The van der Waals surface area contributed by atoms with E-state index < -0.39 is 0 Å². The fourth-order valence-electron chi connectivity index (χ4n) is 2.68. The van der Waals surface area contributed by atoms with E-state index >= 15 is 0 Å². The molecule has 0 aliphatic heterocycles. The summed E-state index contributed by atoms with van der Waals surface area (Å²) in [7, 11) is 0. The number of hydrogen-bond acceptors (Lipinski definition) is 3. The van der Waals surface area contributed by atoms with Crippen molar-refractivity contribution in [2.24, 2.45) is 5.92 Å². The van der Waals surface area contributed by atoms with Gasteiger partial charge in [-0.2, -0.15) is 0 Å². The third-order valence-corrected chi connectivity index (χ3v) is 4.36. The number of aryl methyl sites for hydroxylation is 1. The van der Waals surface area contributed by atoms with Gasteiger partial charge in [-0.15, -0.1) is 0 Å². The molecule has 1 aliphatic carbocycles. The molecule has 0 radical (unpaired) electrons. The van der Waals surface area contributed by atoms with E-state index in [0.29, 0.717) is 25.9 Å². The number of amides is 2. The summed E-state index contributed by atoms with van der Waals surface area (Å²) >= 11 is 0. The summed E-state index contributed by atoms with van der Waals surface area (Å²) in [6, 6.07) is 11.6. The first kappa shape index (κ1) is 17.3. The number of nitrogens with one attached hydrogen (secondary N) is 1. The van der Waals surface area contributed by atoms with Gasteiger partial charge in [0.1, 0.15) is 5.76 Å². The van der Waals surface area contributed by atoms with Gasteiger partial charge in [0, 0.05) is 24.6 Å². The minimum atomic E-state index is 0.0286. The topological polar surface area (TPSA) is 62.6 Å². The van der Waals surface area contributed by atoms with E-state index in [-0.39, 0.29) is 17.7 Å². The second-order valence-corrected chi connectivity index (χ2v) is 6.56. The van der Waals surface area contributed by atoms with E-state index in [1.165, 1.54) is 0 Å². The first-order valence-electron chi connectivity index (χ1n) is 8.80. The molecule has 132 valence electrons. The van der Waals surface area contributed by atoms with Gasteiger partial charge in [-0.05, 0) is 50.5 Å². The van der Waals surface area contributed by atoms with E-state index in [1.54, 1.807) is 11.2 Å². The Hall–Kier alpha value is -2.56. The standard InChI is InChI=1S/C20H24N2O3/c1-15-6-10-17(11-7-15)22(14-18-4-3-13-25-18)19(23)5-2-12-21-20(24)16-8-9-16/h3-4,6-7,10-11,13,16H,2,5,8-9,12,14H2,1H3,(H,21,24). The Morgan fingerprint density at radius 2 is 1.96 bits per heavy atom. The highest BCUT2D eigenvalue weighted by Crippen LogP contribution is 2.28. The summed E-state index contributed by atoms with van der Waals surface area (Å²) in [5, 5.41) is 2.90. The monoisotopic (exact) mass is 340 g/mol. The molecule has 0 saturated heterocycles. The largest absolute Gasteiger partial charge is 0.467 e. The minimum Gasteiger partial charge on any atom is -0.467 e. The van der Waals surface area contributed by atoms with E-state index in [0.717, 1.165) is 29.9 Å². The maximum absolute atomic E-state index is 12.7. The molecule has 5 nitrogen and oxygen atoms in total. The highest BCUT2D eigenvalue weighted by molar-refractivity contribution is 5.93. The zero-order chi connectivity index (χ0) is 17.6. The Kier molecular flexibility index (Phi) is 5.53. The van der Waals surface area contributed by atoms with Crippen molar-refractivity contribution in [2.45, 2.75) is 39.2 Å². The Balaban J connectivity index is 1.58. The number of anilines is 1. The fraction of sp³-hybridized carbons (Fsp3) is 0.400. The van der Waals surface area contributed by atoms with Crippen molar-refractivity contribution in [1.82, 2.24) is 5.32 Å². The van der Waals surface area contributed by atoms with Crippen molar-refractivity contribution >= 4 is 17.5 Å². The van der Waals surface area contributed by atoms with Crippen molar-refractivity contribution in [3.8, 4) is 0 Å². The van der Waals surface area contributed by atoms with Crippen LogP contribution in [0.4, 0.5) is 5.69 Å². The molecule has 1 fully saturated rings. The Morgan fingerprint density at radius 1 is 1.20 bits per heavy atom. The van der Waals surface area contributed by atoms with Crippen LogP contribution in [0.1, 0.15) is 37.0 Å². The van der Waals surface area contributed by atoms with Crippen LogP contribution in [0, 0.1) is 12.8 Å². The summed E-state index contributed by atoms with van der Waals surface area (Å²) < 4.78 is 5.40. The fourth-order valence-corrected chi connectivity index (χ4v) is 2.68. The van der Waals surface area contributed by atoms with Gasteiger partial charge in [0.2, 0.25) is 11.8 Å². The lowest BCUT2D eigenvalue weighted by Crippen LogP contribution is -2.31. The smallest absolute Gasteiger partial charge is 0.227 e. The molecule has 1 heterocycles. The zero-order valence-electron chi connectivity index (χ0n) is 14.5. The number of benzene rings is 1. The molecule has 1 saturated carbocycles. The summed E-state index contributed by atoms with van der Waals surface area (Å²) in [6.07, 6.45) is 4.63. The molecule has 2 amide bonds. The first-order chi connectivity index (χ1) is 12.1. The molecule has 2 aromatic rings. The lowest BCUT2D eigenvalue weighted by atomic mass is 10.2. The van der Waals surface area contributed by atoms with Crippen LogP contribution >= 0.6 is 0 Å². The van der Waals surface area contributed by atoms with Crippen LogP contribution in [0.5, 0.6) is 0 Å². The number of carbonyl (C=O) groups excluding carboxylic acids is 2. The lowest BCUT2D eigenvalue weighted by molar-refractivity contribution is -0.123. The van der Waals surface area contributed by atoms with Crippen LogP contribution in [-0.4, -0.2) is 18.4 Å². The molecule has 1 aliphatic rings. The van der Waals surface area contributed by atoms with Crippen molar-refractivity contribution in [3.63, 3.8) is 0 Å². The maximum Gasteiger partial charge on any atom is 0.227 e. The summed E-state index contributed by atoms with van der Waals surface area (Å²) in [6.45, 7) is 2.97. The SMILES string of the molecule is Cc1ccc(N(Cc2ccco2)C(=O)CCCNC(=O)C2CC2)cc1. The average molecular weight is 340 g/mol. The summed E-state index contributed by atoms with van der Waals surface area (Å²) in [5.74, 6) is 1.11. The van der Waals surface area contributed by atoms with Crippen molar-refractivity contribution in [2.75, 3.05) is 11.4 Å². The van der Waals surface area contributed by atoms with Gasteiger partial charge in [0.05, 0.1) is 12.8 Å². The highest BCUT2D eigenvalue weighted by Gasteiger charge is 2.29. The van der Waals surface area contributed by atoms with E-state index in [1.807, 2.05) is 43.3 Å². The van der Waals surface area contributed by atoms with Crippen LogP contribution < -0.4 is 10.2 Å². The van der Waals surface area contributed by atoms with Crippen LogP contribution in [-0.2, 0) is 16.1 Å². The average Bonchev–Trinajstić information content (AvgIpc) is 3.34. The van der Waals surface area contributed by atoms with Crippen LogP contribution in [0.2, 0.25) is 0 Å². The Bertz CT molecular complexity index is 703. The van der Waals surface area contributed by atoms with Crippen molar-refractivity contribution in [1.29, 1.82) is 0 Å². The molecule has 0 bridgehead atoms. The van der Waals surface area contributed by atoms with Crippen molar-refractivity contribution in [3.05, 3.63) is 54.0 Å². The van der Waals surface area contributed by atoms with Crippen LogP contribution in [0.25, 0.3) is 0 Å². The summed E-state index contributed by atoms with van der Waals surface area (Å²) in [4.78, 5) is 26.1. The van der Waals surface area contributed by atoms with Gasteiger partial charge >= 0.3 is 0 Å². The normalized spacial score (nSPS) is 13.5. The summed E-state index contributed by atoms with van der Waals surface area (Å²) in [5.41, 5.74) is 2.01. The zero-order valence-corrected chi connectivity index (χ0v) is 14.5. The van der Waals surface area contributed by atoms with Gasteiger partial charge in [-0.25, -0.2) is 0 Å². The molecule has 1 aromatic carbocycles. The first-order valence-corrected chi connectivity index (χ1v) is 8.80. The van der Waals surface area contributed by atoms with Gasteiger partial charge in [0.15, 0.2) is 0 Å². The van der Waals surface area contributed by atoms with Crippen LogP contribution in [0.15, 0.2) is 47.1 Å². The molecular weight excluding hydrogens is 316 g/mol. The molecule has 1 aromatic heterocycles. The van der Waals surface area contributed by atoms with Crippen molar-refractivity contribution < 1.29 is 14.0 Å². The number of furan rings is 1. The van der Waals surface area contributed by atoms with Gasteiger partial charge in [-0.3, -0.25) is 9.59 Å². The van der Waals surface area contributed by atoms with Gasteiger partial charge in [0.25, 0.3) is 0 Å². The predicted molar refractivity (Wildman–Crippen MR) is 96.0 cm³/mol. The molecule has 3 rings (SSSR count). The highest BCUT2D eigenvalue weighted by atomic mass is 16.3. The van der Waals surface area contributed by atoms with E-state index in [4.69, 9.17) is 4.42 Å². The molecular formula is C20H24N2O3. The third kappa shape index (κ3) is 4.95. The second-order valence-electron chi connectivity index (χ2n) is 6.56. The van der Waals surface area contributed by atoms with Crippen LogP contribution in [0.3, 0.4) is 0 Å². The lowest BCUT2D eigenvalue weighted by Gasteiger charge is -2.22. The number of hydrogen-bond donors (Lipinski definition) is 1. The second kappa shape index (κ2) is 8.01. The Morgan fingerprint density at radius 3 is 2.60 bits per heavy atom. The molecule has 0 atom stereocenters. The molecule has 5 heteroatoms. The maximum atomic E-state index is 12.7. The van der Waals surface area contributed by atoms with Gasteiger partial charge in [-0.1, -0.05) is 17.7 Å². The third-order valence-electron chi connectivity index (χ3n) is 4.36. The number of rotatable bonds is 8. The molecule has 1 N–H and O–H groups in total. The molecule has 0 unspecified atom stereocenters. The Labute approximate surface area is 148 Å². The quantitative estimate of drug-likeness (QED) is 0.749. The molecule has 25 heavy (non-hydrogen) atoms. The predicted octanol–water partition coefficient (Wildman–Crippen LogP) is 3.43. The number of nitrogens with zero attached hydrogens (tertiary/aromatic N) is 1. The number of carbonyl (C=O) groups is 2. The minimum absolute atomic E-state index is 0.0286.